The number of aliphatic carboxylic acids is 1. The molecule has 0 radical (unpaired) electrons. The molecular formula is C13H15BrN2O5. The SMILES string of the molecule is COc1ccc(Br)c(NC(=O)N2C[C@H](O)C[C@H]2C(=O)O)c1. The Morgan fingerprint density at radius 1 is 1.48 bits per heavy atom. The lowest BCUT2D eigenvalue weighted by atomic mass is 10.2. The molecule has 0 aliphatic carbocycles. The number of carbonyl (C=O) groups is 2. The average molecular weight is 359 g/mol. The van der Waals surface area contributed by atoms with Crippen molar-refractivity contribution in [1.29, 1.82) is 0 Å². The molecule has 0 aromatic heterocycles. The van der Waals surface area contributed by atoms with Gasteiger partial charge >= 0.3 is 12.0 Å². The average Bonchev–Trinajstić information content (AvgIpc) is 2.83. The fourth-order valence-corrected chi connectivity index (χ4v) is 2.53. The van der Waals surface area contributed by atoms with Gasteiger partial charge in [-0.3, -0.25) is 0 Å². The van der Waals surface area contributed by atoms with Crippen LogP contribution >= 0.6 is 15.9 Å². The van der Waals surface area contributed by atoms with E-state index in [-0.39, 0.29) is 13.0 Å². The van der Waals surface area contributed by atoms with Gasteiger partial charge in [0.05, 0.1) is 18.9 Å². The van der Waals surface area contributed by atoms with Gasteiger partial charge in [0.2, 0.25) is 0 Å². The van der Waals surface area contributed by atoms with Gasteiger partial charge < -0.3 is 25.2 Å². The molecule has 1 saturated heterocycles. The number of aliphatic hydroxyl groups is 1. The number of benzene rings is 1. The van der Waals surface area contributed by atoms with Crippen molar-refractivity contribution in [1.82, 2.24) is 4.90 Å². The Labute approximate surface area is 129 Å². The fraction of sp³-hybridized carbons (Fsp3) is 0.385. The number of nitrogens with one attached hydrogen (secondary N) is 1. The van der Waals surface area contributed by atoms with Crippen LogP contribution in [0.4, 0.5) is 10.5 Å². The highest BCUT2D eigenvalue weighted by molar-refractivity contribution is 9.10. The van der Waals surface area contributed by atoms with E-state index in [1.54, 1.807) is 18.2 Å². The van der Waals surface area contributed by atoms with Crippen LogP contribution in [0.25, 0.3) is 0 Å². The van der Waals surface area contributed by atoms with E-state index >= 15 is 0 Å². The van der Waals surface area contributed by atoms with Gasteiger partial charge in [0.25, 0.3) is 0 Å². The Hall–Kier alpha value is -1.80. The molecule has 114 valence electrons. The van der Waals surface area contributed by atoms with Crippen molar-refractivity contribution in [2.45, 2.75) is 18.6 Å². The molecule has 2 rings (SSSR count). The first-order valence-corrected chi connectivity index (χ1v) is 7.03. The Balaban J connectivity index is 2.16. The van der Waals surface area contributed by atoms with Crippen LogP contribution in [-0.4, -0.2) is 52.9 Å². The quantitative estimate of drug-likeness (QED) is 0.760. The summed E-state index contributed by atoms with van der Waals surface area (Å²) in [5.41, 5.74) is 0.463. The molecule has 8 heteroatoms. The maximum Gasteiger partial charge on any atom is 0.326 e. The molecule has 2 amide bonds. The Bertz CT molecular complexity index is 565. The van der Waals surface area contributed by atoms with Gasteiger partial charge in [0.1, 0.15) is 11.8 Å². The van der Waals surface area contributed by atoms with Crippen LogP contribution < -0.4 is 10.1 Å². The number of carbonyl (C=O) groups excluding carboxylic acids is 1. The summed E-state index contributed by atoms with van der Waals surface area (Å²) in [6, 6.07) is 3.45. The van der Waals surface area contributed by atoms with Crippen molar-refractivity contribution < 1.29 is 24.5 Å². The standard InChI is InChI=1S/C13H15BrN2O5/c1-21-8-2-3-9(14)10(5-8)15-13(20)16-6-7(17)4-11(16)12(18)19/h2-3,5,7,11,17H,4,6H2,1H3,(H,15,20)(H,18,19)/t7-,11+/m1/s1. The molecule has 21 heavy (non-hydrogen) atoms. The van der Waals surface area contributed by atoms with Crippen molar-refractivity contribution in [3.05, 3.63) is 22.7 Å². The van der Waals surface area contributed by atoms with Crippen LogP contribution in [0.1, 0.15) is 6.42 Å². The number of ether oxygens (including phenoxy) is 1. The van der Waals surface area contributed by atoms with Gasteiger partial charge in [-0.25, -0.2) is 9.59 Å². The number of β-amino-alcohol motifs (C(OH)–C–C–N with tert-alkyl or cyclic N) is 1. The number of carboxylic acid groups (broad SMARTS) is 1. The van der Waals surface area contributed by atoms with Crippen molar-refractivity contribution in [3.8, 4) is 5.75 Å². The molecule has 2 atom stereocenters. The van der Waals surface area contributed by atoms with Crippen LogP contribution in [0, 0.1) is 0 Å². The molecule has 1 heterocycles. The maximum absolute atomic E-state index is 12.2. The lowest BCUT2D eigenvalue weighted by Gasteiger charge is -2.22. The number of hydrogen-bond acceptors (Lipinski definition) is 4. The number of aliphatic hydroxyl groups excluding tert-OH is 1. The van der Waals surface area contributed by atoms with Gasteiger partial charge in [-0.05, 0) is 28.1 Å². The molecule has 0 saturated carbocycles. The smallest absolute Gasteiger partial charge is 0.326 e. The van der Waals surface area contributed by atoms with Gasteiger partial charge in [-0.1, -0.05) is 0 Å². The third-order valence-corrected chi connectivity index (χ3v) is 3.93. The summed E-state index contributed by atoms with van der Waals surface area (Å²) in [5.74, 6) is -0.573. The first kappa shape index (κ1) is 15.6. The highest BCUT2D eigenvalue weighted by atomic mass is 79.9. The van der Waals surface area contributed by atoms with Crippen LogP contribution in [0.15, 0.2) is 22.7 Å². The number of hydrogen-bond donors (Lipinski definition) is 3. The molecule has 7 nitrogen and oxygen atoms in total. The van der Waals surface area contributed by atoms with E-state index in [0.717, 1.165) is 4.90 Å². The van der Waals surface area contributed by atoms with Gasteiger partial charge in [-0.2, -0.15) is 0 Å². The number of methoxy groups -OCH3 is 1. The molecule has 0 bridgehead atoms. The van der Waals surface area contributed by atoms with Crippen molar-refractivity contribution in [2.75, 3.05) is 19.0 Å². The minimum atomic E-state index is -1.13. The Morgan fingerprint density at radius 3 is 2.81 bits per heavy atom. The number of carboxylic acids is 1. The number of rotatable bonds is 3. The van der Waals surface area contributed by atoms with Crippen LogP contribution in [-0.2, 0) is 4.79 Å². The molecule has 1 aromatic rings. The topological polar surface area (TPSA) is 99.1 Å². The molecule has 1 aromatic carbocycles. The van der Waals surface area contributed by atoms with E-state index < -0.39 is 24.1 Å². The monoisotopic (exact) mass is 358 g/mol. The Kier molecular flexibility index (Phi) is 4.69. The molecule has 1 fully saturated rings. The van der Waals surface area contributed by atoms with Crippen molar-refractivity contribution >= 4 is 33.6 Å². The second-order valence-electron chi connectivity index (χ2n) is 4.67. The third-order valence-electron chi connectivity index (χ3n) is 3.24. The van der Waals surface area contributed by atoms with Crippen molar-refractivity contribution in [2.24, 2.45) is 0 Å². The normalized spacial score (nSPS) is 21.2. The largest absolute Gasteiger partial charge is 0.497 e. The van der Waals surface area contributed by atoms with Crippen LogP contribution in [0.5, 0.6) is 5.75 Å². The van der Waals surface area contributed by atoms with Gasteiger partial charge in [-0.15, -0.1) is 0 Å². The van der Waals surface area contributed by atoms with E-state index in [2.05, 4.69) is 21.2 Å². The maximum atomic E-state index is 12.2. The molecular weight excluding hydrogens is 344 g/mol. The number of nitrogens with zero attached hydrogens (tertiary/aromatic N) is 1. The predicted molar refractivity (Wildman–Crippen MR) is 78.5 cm³/mol. The number of urea groups is 1. The highest BCUT2D eigenvalue weighted by Crippen LogP contribution is 2.28. The summed E-state index contributed by atoms with van der Waals surface area (Å²) in [5, 5.41) is 21.3. The van der Waals surface area contributed by atoms with E-state index in [0.29, 0.717) is 15.9 Å². The third kappa shape index (κ3) is 3.45. The number of anilines is 1. The second-order valence-corrected chi connectivity index (χ2v) is 5.53. The van der Waals surface area contributed by atoms with Crippen molar-refractivity contribution in [3.63, 3.8) is 0 Å². The summed E-state index contributed by atoms with van der Waals surface area (Å²) < 4.78 is 5.72. The first-order valence-electron chi connectivity index (χ1n) is 6.24. The van der Waals surface area contributed by atoms with E-state index in [4.69, 9.17) is 9.84 Å². The molecule has 1 aliphatic heterocycles. The lowest BCUT2D eigenvalue weighted by Crippen LogP contribution is -2.43. The van der Waals surface area contributed by atoms with Gasteiger partial charge in [0, 0.05) is 23.5 Å². The summed E-state index contributed by atoms with van der Waals surface area (Å²) >= 11 is 3.30. The minimum absolute atomic E-state index is 0.00954. The summed E-state index contributed by atoms with van der Waals surface area (Å²) in [6.07, 6.45) is -0.798. The zero-order valence-electron chi connectivity index (χ0n) is 11.2. The number of halogens is 1. The first-order chi connectivity index (χ1) is 9.92. The fourth-order valence-electron chi connectivity index (χ4n) is 2.19. The Morgan fingerprint density at radius 2 is 2.19 bits per heavy atom. The number of amides is 2. The summed E-state index contributed by atoms with van der Waals surface area (Å²) in [7, 11) is 1.51. The molecule has 0 unspecified atom stereocenters. The van der Waals surface area contributed by atoms with Crippen LogP contribution in [0.3, 0.4) is 0 Å². The van der Waals surface area contributed by atoms with E-state index in [1.807, 2.05) is 0 Å². The molecule has 0 spiro atoms. The van der Waals surface area contributed by atoms with E-state index in [1.165, 1.54) is 7.11 Å². The highest BCUT2D eigenvalue weighted by Gasteiger charge is 2.39. The second kappa shape index (κ2) is 6.31. The summed E-state index contributed by atoms with van der Waals surface area (Å²) in [4.78, 5) is 24.4. The van der Waals surface area contributed by atoms with Gasteiger partial charge in [0.15, 0.2) is 0 Å². The zero-order chi connectivity index (χ0) is 15.6. The predicted octanol–water partition coefficient (Wildman–Crippen LogP) is 1.51. The van der Waals surface area contributed by atoms with E-state index in [9.17, 15) is 14.7 Å². The number of likely N-dealkylation sites (tertiary alicyclic amines) is 1. The molecule has 3 N–H and O–H groups in total. The summed E-state index contributed by atoms with van der Waals surface area (Å²) in [6.45, 7) is -0.00954. The molecule has 1 aliphatic rings. The lowest BCUT2D eigenvalue weighted by molar-refractivity contribution is -0.141. The minimum Gasteiger partial charge on any atom is -0.497 e. The van der Waals surface area contributed by atoms with Crippen LogP contribution in [0.2, 0.25) is 0 Å². The zero-order valence-corrected chi connectivity index (χ0v) is 12.8.